The lowest BCUT2D eigenvalue weighted by Gasteiger charge is -2.46. The van der Waals surface area contributed by atoms with Crippen molar-refractivity contribution in [1.82, 2.24) is 0 Å². The van der Waals surface area contributed by atoms with Crippen LogP contribution in [0.5, 0.6) is 0 Å². The fraction of sp³-hybridized carbons (Fsp3) is 1.00. The highest BCUT2D eigenvalue weighted by molar-refractivity contribution is 5.00. The molecule has 2 saturated carbocycles. The van der Waals surface area contributed by atoms with Crippen LogP contribution in [0.1, 0.15) is 66.2 Å². The van der Waals surface area contributed by atoms with Crippen molar-refractivity contribution in [2.45, 2.75) is 66.2 Å². The second kappa shape index (κ2) is 4.11. The van der Waals surface area contributed by atoms with Crippen LogP contribution in [0.2, 0.25) is 0 Å². The molecule has 0 bridgehead atoms. The van der Waals surface area contributed by atoms with Gasteiger partial charge >= 0.3 is 0 Å². The molecule has 2 aliphatic rings. The van der Waals surface area contributed by atoms with Gasteiger partial charge in [0.2, 0.25) is 0 Å². The molecule has 0 heterocycles. The van der Waals surface area contributed by atoms with Crippen molar-refractivity contribution < 1.29 is 0 Å². The number of fused-ring (bicyclic) bond motifs is 1. The Morgan fingerprint density at radius 2 is 1.87 bits per heavy atom. The first-order valence-electron chi connectivity index (χ1n) is 7.05. The number of hydrogen-bond acceptors (Lipinski definition) is 0. The van der Waals surface area contributed by atoms with E-state index in [0.29, 0.717) is 5.41 Å². The Bertz CT molecular complexity index is 218. The molecule has 4 atom stereocenters. The molecule has 0 nitrogen and oxygen atoms in total. The quantitative estimate of drug-likeness (QED) is 0.606. The lowest BCUT2D eigenvalue weighted by molar-refractivity contribution is 0.0275. The summed E-state index contributed by atoms with van der Waals surface area (Å²) in [5.41, 5.74) is 0.697. The molecule has 0 aromatic heterocycles. The van der Waals surface area contributed by atoms with Gasteiger partial charge in [0.25, 0.3) is 0 Å². The van der Waals surface area contributed by atoms with E-state index < -0.39 is 0 Å². The molecule has 0 aromatic carbocycles. The molecule has 88 valence electrons. The maximum Gasteiger partial charge on any atom is -0.0243 e. The van der Waals surface area contributed by atoms with Crippen LogP contribution in [-0.2, 0) is 0 Å². The van der Waals surface area contributed by atoms with Crippen LogP contribution in [0.3, 0.4) is 0 Å². The smallest absolute Gasteiger partial charge is 0.0243 e. The Kier molecular flexibility index (Phi) is 3.14. The summed E-state index contributed by atoms with van der Waals surface area (Å²) in [7, 11) is 0. The molecular formula is C15H28. The fourth-order valence-electron chi connectivity index (χ4n) is 4.54. The SMILES string of the molecule is CC(C)CC1CCC2CCCC(C)C21C. The van der Waals surface area contributed by atoms with Crippen molar-refractivity contribution in [2.75, 3.05) is 0 Å². The van der Waals surface area contributed by atoms with Gasteiger partial charge in [-0.25, -0.2) is 0 Å². The Morgan fingerprint density at radius 3 is 2.53 bits per heavy atom. The third-order valence-electron chi connectivity index (χ3n) is 5.63. The van der Waals surface area contributed by atoms with Crippen molar-refractivity contribution in [3.8, 4) is 0 Å². The second-order valence-electron chi connectivity index (χ2n) is 6.80. The lowest BCUT2D eigenvalue weighted by Crippen LogP contribution is -2.39. The van der Waals surface area contributed by atoms with E-state index in [-0.39, 0.29) is 0 Å². The molecule has 2 aliphatic carbocycles. The Labute approximate surface area is 95.8 Å². The van der Waals surface area contributed by atoms with Gasteiger partial charge in [0.1, 0.15) is 0 Å². The first kappa shape index (κ1) is 11.5. The zero-order valence-electron chi connectivity index (χ0n) is 11.1. The van der Waals surface area contributed by atoms with E-state index >= 15 is 0 Å². The van der Waals surface area contributed by atoms with Crippen LogP contribution in [0.25, 0.3) is 0 Å². The molecule has 15 heavy (non-hydrogen) atoms. The highest BCUT2D eigenvalue weighted by atomic mass is 14.6. The van der Waals surface area contributed by atoms with Gasteiger partial charge in [-0.3, -0.25) is 0 Å². The van der Waals surface area contributed by atoms with E-state index in [0.717, 1.165) is 23.7 Å². The topological polar surface area (TPSA) is 0 Å². The minimum atomic E-state index is 0.697. The molecular weight excluding hydrogens is 180 g/mol. The number of hydrogen-bond donors (Lipinski definition) is 0. The van der Waals surface area contributed by atoms with Crippen molar-refractivity contribution >= 4 is 0 Å². The van der Waals surface area contributed by atoms with E-state index in [1.54, 1.807) is 0 Å². The fourth-order valence-corrected chi connectivity index (χ4v) is 4.54. The standard InChI is InChI=1S/C15H28/c1-11(2)10-14-9-8-13-7-5-6-12(3)15(13,14)4/h11-14H,5-10H2,1-4H3. The molecule has 0 saturated heterocycles. The van der Waals surface area contributed by atoms with Gasteiger partial charge in [-0.1, -0.05) is 40.5 Å². The monoisotopic (exact) mass is 208 g/mol. The maximum atomic E-state index is 2.61. The van der Waals surface area contributed by atoms with E-state index in [9.17, 15) is 0 Å². The maximum absolute atomic E-state index is 2.61. The molecule has 4 unspecified atom stereocenters. The summed E-state index contributed by atoms with van der Waals surface area (Å²) in [6.45, 7) is 9.92. The lowest BCUT2D eigenvalue weighted by atomic mass is 9.59. The molecule has 2 fully saturated rings. The van der Waals surface area contributed by atoms with Crippen LogP contribution < -0.4 is 0 Å². The Balaban J connectivity index is 2.14. The number of rotatable bonds is 2. The largest absolute Gasteiger partial charge is 0.0628 e. The molecule has 0 aliphatic heterocycles. The summed E-state index contributed by atoms with van der Waals surface area (Å²) in [6, 6.07) is 0. The minimum absolute atomic E-state index is 0.697. The average molecular weight is 208 g/mol. The van der Waals surface area contributed by atoms with Crippen LogP contribution in [0.4, 0.5) is 0 Å². The van der Waals surface area contributed by atoms with Gasteiger partial charge in [0.15, 0.2) is 0 Å². The highest BCUT2D eigenvalue weighted by Gasteiger charge is 2.50. The molecule has 0 radical (unpaired) electrons. The zero-order valence-corrected chi connectivity index (χ0v) is 11.1. The average Bonchev–Trinajstić information content (AvgIpc) is 2.46. The van der Waals surface area contributed by atoms with E-state index in [1.165, 1.54) is 38.5 Å². The molecule has 2 rings (SSSR count). The van der Waals surface area contributed by atoms with Crippen LogP contribution >= 0.6 is 0 Å². The first-order chi connectivity index (χ1) is 7.05. The molecule has 0 N–H and O–H groups in total. The summed E-state index contributed by atoms with van der Waals surface area (Å²) in [4.78, 5) is 0. The molecule has 0 aromatic rings. The predicted molar refractivity (Wildman–Crippen MR) is 66.8 cm³/mol. The second-order valence-corrected chi connectivity index (χ2v) is 6.80. The van der Waals surface area contributed by atoms with Gasteiger partial charge in [-0.2, -0.15) is 0 Å². The van der Waals surface area contributed by atoms with Gasteiger partial charge in [0, 0.05) is 0 Å². The van der Waals surface area contributed by atoms with Gasteiger partial charge in [-0.15, -0.1) is 0 Å². The van der Waals surface area contributed by atoms with Gasteiger partial charge in [0.05, 0.1) is 0 Å². The third kappa shape index (κ3) is 1.85. The van der Waals surface area contributed by atoms with Crippen molar-refractivity contribution in [3.05, 3.63) is 0 Å². The normalized spacial score (nSPS) is 45.8. The summed E-state index contributed by atoms with van der Waals surface area (Å²) in [5, 5.41) is 0. The van der Waals surface area contributed by atoms with Crippen LogP contribution in [0.15, 0.2) is 0 Å². The van der Waals surface area contributed by atoms with Gasteiger partial charge < -0.3 is 0 Å². The highest BCUT2D eigenvalue weighted by Crippen LogP contribution is 2.59. The van der Waals surface area contributed by atoms with E-state index in [1.807, 2.05) is 0 Å². The van der Waals surface area contributed by atoms with E-state index in [4.69, 9.17) is 0 Å². The third-order valence-corrected chi connectivity index (χ3v) is 5.63. The predicted octanol–water partition coefficient (Wildman–Crippen LogP) is 4.89. The zero-order chi connectivity index (χ0) is 11.1. The summed E-state index contributed by atoms with van der Waals surface area (Å²) < 4.78 is 0. The van der Waals surface area contributed by atoms with Gasteiger partial charge in [-0.05, 0) is 54.8 Å². The molecule has 0 heteroatoms. The summed E-state index contributed by atoms with van der Waals surface area (Å²) in [6.07, 6.45) is 9.02. The summed E-state index contributed by atoms with van der Waals surface area (Å²) >= 11 is 0. The van der Waals surface area contributed by atoms with Crippen molar-refractivity contribution in [3.63, 3.8) is 0 Å². The summed E-state index contributed by atoms with van der Waals surface area (Å²) in [5.74, 6) is 3.95. The van der Waals surface area contributed by atoms with Crippen LogP contribution in [0, 0.1) is 29.1 Å². The molecule has 0 spiro atoms. The Morgan fingerprint density at radius 1 is 1.13 bits per heavy atom. The Hall–Kier alpha value is 0. The van der Waals surface area contributed by atoms with Crippen molar-refractivity contribution in [1.29, 1.82) is 0 Å². The minimum Gasteiger partial charge on any atom is -0.0628 e. The molecule has 0 amide bonds. The van der Waals surface area contributed by atoms with Crippen LogP contribution in [-0.4, -0.2) is 0 Å². The van der Waals surface area contributed by atoms with Crippen molar-refractivity contribution in [2.24, 2.45) is 29.1 Å². The van der Waals surface area contributed by atoms with E-state index in [2.05, 4.69) is 27.7 Å². The first-order valence-corrected chi connectivity index (χ1v) is 7.05.